The fraction of sp³-hybridized carbons (Fsp3) is 0.364. The summed E-state index contributed by atoms with van der Waals surface area (Å²) < 4.78 is 11.2. The zero-order valence-corrected chi connectivity index (χ0v) is 15.8. The van der Waals surface area contributed by atoms with Crippen LogP contribution in [0.3, 0.4) is 0 Å². The second kappa shape index (κ2) is 7.37. The largest absolute Gasteiger partial charge is 0.465 e. The van der Waals surface area contributed by atoms with Gasteiger partial charge >= 0.3 is 5.97 Å². The summed E-state index contributed by atoms with van der Waals surface area (Å²) in [7, 11) is 0. The van der Waals surface area contributed by atoms with E-state index in [0.29, 0.717) is 6.61 Å². The van der Waals surface area contributed by atoms with Crippen molar-refractivity contribution >= 4 is 11.9 Å². The van der Waals surface area contributed by atoms with Crippen molar-refractivity contribution in [3.8, 4) is 0 Å². The number of ether oxygens (including phenoxy) is 2. The summed E-state index contributed by atoms with van der Waals surface area (Å²) in [6, 6.07) is 17.9. The molecule has 6 heteroatoms. The summed E-state index contributed by atoms with van der Waals surface area (Å²) in [5, 5.41) is 0. The Bertz CT molecular complexity index is 857. The number of benzene rings is 2. The minimum Gasteiger partial charge on any atom is -0.465 e. The molecule has 2 aliphatic rings. The second-order valence-electron chi connectivity index (χ2n) is 7.26. The highest BCUT2D eigenvalue weighted by molar-refractivity contribution is 6.06. The highest BCUT2D eigenvalue weighted by Crippen LogP contribution is 2.47. The third-order valence-electron chi connectivity index (χ3n) is 5.68. The monoisotopic (exact) mass is 380 g/mol. The van der Waals surface area contributed by atoms with Gasteiger partial charge < -0.3 is 20.1 Å². The van der Waals surface area contributed by atoms with Crippen molar-refractivity contribution in [2.45, 2.75) is 31.7 Å². The van der Waals surface area contributed by atoms with E-state index >= 15 is 0 Å². The molecule has 2 saturated heterocycles. The Morgan fingerprint density at radius 2 is 1.82 bits per heavy atom. The molecule has 0 bridgehead atoms. The normalized spacial score (nSPS) is 29.0. The van der Waals surface area contributed by atoms with Gasteiger partial charge in [0, 0.05) is 5.56 Å². The molecule has 0 aliphatic carbocycles. The first-order valence-electron chi connectivity index (χ1n) is 9.55. The first kappa shape index (κ1) is 18.7. The van der Waals surface area contributed by atoms with Crippen LogP contribution in [0.4, 0.5) is 0 Å². The van der Waals surface area contributed by atoms with Gasteiger partial charge in [0.15, 0.2) is 11.6 Å². The number of esters is 1. The van der Waals surface area contributed by atoms with Gasteiger partial charge in [-0.05, 0) is 18.9 Å². The van der Waals surface area contributed by atoms with Crippen LogP contribution >= 0.6 is 0 Å². The van der Waals surface area contributed by atoms with E-state index in [-0.39, 0.29) is 25.0 Å². The number of carbonyl (C=O) groups is 2. The summed E-state index contributed by atoms with van der Waals surface area (Å²) in [6.45, 7) is 2.22. The lowest BCUT2D eigenvalue weighted by molar-refractivity contribution is -0.164. The Hall–Kier alpha value is -2.70. The maximum atomic E-state index is 13.7. The van der Waals surface area contributed by atoms with Crippen LogP contribution < -0.4 is 5.73 Å². The molecule has 2 aliphatic heterocycles. The SMILES string of the molecule is CCOC(=O)[C@@]1(Cc2ccccc2)C(=O)N2[C@@H](c3ccccc3)OC[C@@H]2[C@H]1N. The van der Waals surface area contributed by atoms with Gasteiger partial charge in [-0.15, -0.1) is 0 Å². The molecule has 28 heavy (non-hydrogen) atoms. The molecule has 146 valence electrons. The van der Waals surface area contributed by atoms with E-state index in [1.54, 1.807) is 11.8 Å². The molecule has 2 heterocycles. The van der Waals surface area contributed by atoms with Crippen LogP contribution in [-0.2, 0) is 25.5 Å². The topological polar surface area (TPSA) is 81.9 Å². The van der Waals surface area contributed by atoms with Gasteiger partial charge in [-0.3, -0.25) is 9.59 Å². The van der Waals surface area contributed by atoms with Crippen molar-refractivity contribution < 1.29 is 19.1 Å². The predicted octanol–water partition coefficient (Wildman–Crippen LogP) is 2.05. The minimum atomic E-state index is -1.45. The van der Waals surface area contributed by atoms with Crippen LogP contribution in [0.2, 0.25) is 0 Å². The van der Waals surface area contributed by atoms with E-state index in [2.05, 4.69) is 0 Å². The molecule has 2 aromatic rings. The van der Waals surface area contributed by atoms with Gasteiger partial charge in [-0.25, -0.2) is 0 Å². The van der Waals surface area contributed by atoms with E-state index in [1.807, 2.05) is 60.7 Å². The van der Waals surface area contributed by atoms with Crippen LogP contribution in [0, 0.1) is 5.41 Å². The molecule has 4 atom stereocenters. The van der Waals surface area contributed by atoms with E-state index in [9.17, 15) is 9.59 Å². The van der Waals surface area contributed by atoms with Crippen LogP contribution in [0.5, 0.6) is 0 Å². The standard InChI is InChI=1S/C22H24N2O4/c1-2-27-21(26)22(13-15-9-5-3-6-10-15)18(23)17-14-28-19(24(17)20(22)25)16-11-7-4-8-12-16/h3-12,17-19H,2,13-14,23H2,1H3/t17-,18-,19-,22-/m1/s1. The van der Waals surface area contributed by atoms with Crippen LogP contribution in [0.15, 0.2) is 60.7 Å². The third-order valence-corrected chi connectivity index (χ3v) is 5.68. The molecule has 0 unspecified atom stereocenters. The molecule has 0 spiro atoms. The lowest BCUT2D eigenvalue weighted by Gasteiger charge is -2.30. The maximum Gasteiger partial charge on any atom is 0.323 e. The molecule has 1 amide bonds. The van der Waals surface area contributed by atoms with Crippen LogP contribution in [0.25, 0.3) is 0 Å². The zero-order chi connectivity index (χ0) is 19.7. The number of amides is 1. The number of hydrogen-bond donors (Lipinski definition) is 1. The highest BCUT2D eigenvalue weighted by atomic mass is 16.5. The Morgan fingerprint density at radius 1 is 1.18 bits per heavy atom. The van der Waals surface area contributed by atoms with Crippen molar-refractivity contribution in [2.75, 3.05) is 13.2 Å². The summed E-state index contributed by atoms with van der Waals surface area (Å²) in [6.07, 6.45) is -0.335. The van der Waals surface area contributed by atoms with E-state index in [4.69, 9.17) is 15.2 Å². The first-order valence-corrected chi connectivity index (χ1v) is 9.55. The lowest BCUT2D eigenvalue weighted by Crippen LogP contribution is -2.54. The van der Waals surface area contributed by atoms with Gasteiger partial charge in [0.05, 0.1) is 25.3 Å². The summed E-state index contributed by atoms with van der Waals surface area (Å²) in [5.74, 6) is -0.878. The quantitative estimate of drug-likeness (QED) is 0.634. The summed E-state index contributed by atoms with van der Waals surface area (Å²) in [4.78, 5) is 28.4. The van der Waals surface area contributed by atoms with Crippen molar-refractivity contribution in [1.82, 2.24) is 4.90 Å². The molecular formula is C22H24N2O4. The third kappa shape index (κ3) is 2.80. The maximum absolute atomic E-state index is 13.7. The number of fused-ring (bicyclic) bond motifs is 1. The Balaban J connectivity index is 1.75. The zero-order valence-electron chi connectivity index (χ0n) is 15.8. The van der Waals surface area contributed by atoms with Gasteiger partial charge in [0.2, 0.25) is 5.91 Å². The molecule has 2 aromatic carbocycles. The van der Waals surface area contributed by atoms with E-state index in [0.717, 1.165) is 11.1 Å². The number of carbonyl (C=O) groups excluding carboxylic acids is 2. The van der Waals surface area contributed by atoms with Crippen LogP contribution in [-0.4, -0.2) is 42.1 Å². The number of hydrogen-bond acceptors (Lipinski definition) is 5. The highest BCUT2D eigenvalue weighted by Gasteiger charge is 2.66. The second-order valence-corrected chi connectivity index (χ2v) is 7.26. The first-order chi connectivity index (χ1) is 13.6. The van der Waals surface area contributed by atoms with Gasteiger partial charge in [0.25, 0.3) is 0 Å². The lowest BCUT2D eigenvalue weighted by atomic mass is 9.75. The molecule has 0 radical (unpaired) electrons. The van der Waals surface area contributed by atoms with Gasteiger partial charge in [-0.2, -0.15) is 0 Å². The molecule has 6 nitrogen and oxygen atoms in total. The average Bonchev–Trinajstić information content (AvgIpc) is 3.24. The molecule has 2 fully saturated rings. The van der Waals surface area contributed by atoms with Crippen molar-refractivity contribution in [2.24, 2.45) is 11.1 Å². The minimum absolute atomic E-state index is 0.193. The number of rotatable bonds is 5. The fourth-order valence-electron chi connectivity index (χ4n) is 4.30. The molecule has 4 rings (SSSR count). The van der Waals surface area contributed by atoms with E-state index in [1.165, 1.54) is 0 Å². The molecule has 0 saturated carbocycles. The Kier molecular flexibility index (Phi) is 4.91. The van der Waals surface area contributed by atoms with Gasteiger partial charge in [0.1, 0.15) is 0 Å². The van der Waals surface area contributed by atoms with Crippen LogP contribution in [0.1, 0.15) is 24.3 Å². The van der Waals surface area contributed by atoms with Gasteiger partial charge in [-0.1, -0.05) is 60.7 Å². The number of nitrogens with two attached hydrogens (primary N) is 1. The summed E-state index contributed by atoms with van der Waals surface area (Å²) >= 11 is 0. The predicted molar refractivity (Wildman–Crippen MR) is 103 cm³/mol. The average molecular weight is 380 g/mol. The van der Waals surface area contributed by atoms with Crippen molar-refractivity contribution in [3.63, 3.8) is 0 Å². The van der Waals surface area contributed by atoms with Crippen molar-refractivity contribution in [3.05, 3.63) is 71.8 Å². The van der Waals surface area contributed by atoms with E-state index < -0.39 is 23.7 Å². The van der Waals surface area contributed by atoms with Crippen molar-refractivity contribution in [1.29, 1.82) is 0 Å². The fourth-order valence-corrected chi connectivity index (χ4v) is 4.30. The smallest absolute Gasteiger partial charge is 0.323 e. The summed E-state index contributed by atoms with van der Waals surface area (Å²) in [5.41, 5.74) is 6.86. The number of nitrogens with zero attached hydrogens (tertiary/aromatic N) is 1. The molecule has 0 aromatic heterocycles. The Morgan fingerprint density at radius 3 is 2.46 bits per heavy atom. The molecular weight excluding hydrogens is 356 g/mol. The molecule has 2 N–H and O–H groups in total. The Labute approximate surface area is 164 Å².